The third-order valence-electron chi connectivity index (χ3n) is 4.54. The quantitative estimate of drug-likeness (QED) is 0.898. The standard InChI is InChI=1S/C19H22N2O/c20-19(22)16-8-12-18(13-9-16)21-17-10-6-15(7-11-17)14-4-2-1-3-5-14/h1-5,8-9,12-13,15,17,21H,6-7,10-11H2,(H2,20,22). The van der Waals surface area contributed by atoms with E-state index in [0.717, 1.165) is 5.69 Å². The molecule has 0 bridgehead atoms. The zero-order valence-corrected chi connectivity index (χ0v) is 12.7. The number of benzene rings is 2. The molecule has 3 nitrogen and oxygen atoms in total. The van der Waals surface area contributed by atoms with Gasteiger partial charge in [-0.2, -0.15) is 0 Å². The van der Waals surface area contributed by atoms with Crippen LogP contribution >= 0.6 is 0 Å². The fraction of sp³-hybridized carbons (Fsp3) is 0.316. The van der Waals surface area contributed by atoms with E-state index in [9.17, 15) is 4.79 Å². The third kappa shape index (κ3) is 3.48. The normalized spacial score (nSPS) is 21.3. The molecule has 0 aliphatic heterocycles. The maximum absolute atomic E-state index is 11.1. The first-order chi connectivity index (χ1) is 10.7. The van der Waals surface area contributed by atoms with Crippen molar-refractivity contribution >= 4 is 11.6 Å². The monoisotopic (exact) mass is 294 g/mol. The summed E-state index contributed by atoms with van der Waals surface area (Å²) in [6, 6.07) is 18.7. The van der Waals surface area contributed by atoms with Crippen molar-refractivity contribution in [2.75, 3.05) is 5.32 Å². The molecule has 1 saturated carbocycles. The number of nitrogens with one attached hydrogen (secondary N) is 1. The van der Waals surface area contributed by atoms with E-state index in [1.807, 2.05) is 12.1 Å². The maximum Gasteiger partial charge on any atom is 0.248 e. The first-order valence-corrected chi connectivity index (χ1v) is 7.94. The van der Waals surface area contributed by atoms with E-state index in [4.69, 9.17) is 5.73 Å². The number of primary amides is 1. The van der Waals surface area contributed by atoms with Gasteiger partial charge < -0.3 is 11.1 Å². The minimum Gasteiger partial charge on any atom is -0.382 e. The molecule has 0 unspecified atom stereocenters. The Morgan fingerprint density at radius 1 is 0.909 bits per heavy atom. The average Bonchev–Trinajstić information content (AvgIpc) is 2.57. The highest BCUT2D eigenvalue weighted by molar-refractivity contribution is 5.93. The molecule has 0 heterocycles. The minimum atomic E-state index is -0.380. The number of carbonyl (C=O) groups excluding carboxylic acids is 1. The van der Waals surface area contributed by atoms with Gasteiger partial charge in [0.15, 0.2) is 0 Å². The van der Waals surface area contributed by atoms with E-state index in [1.54, 1.807) is 12.1 Å². The van der Waals surface area contributed by atoms with Crippen LogP contribution in [-0.4, -0.2) is 11.9 Å². The number of amides is 1. The molecule has 0 saturated heterocycles. The molecule has 0 radical (unpaired) electrons. The van der Waals surface area contributed by atoms with Gasteiger partial charge in [-0.1, -0.05) is 30.3 Å². The van der Waals surface area contributed by atoms with Crippen LogP contribution in [0, 0.1) is 0 Å². The van der Waals surface area contributed by atoms with Crippen molar-refractivity contribution in [1.82, 2.24) is 0 Å². The van der Waals surface area contributed by atoms with Crippen LogP contribution in [0.25, 0.3) is 0 Å². The van der Waals surface area contributed by atoms with Gasteiger partial charge in [-0.25, -0.2) is 0 Å². The molecule has 0 atom stereocenters. The van der Waals surface area contributed by atoms with Crippen molar-refractivity contribution in [2.24, 2.45) is 5.73 Å². The van der Waals surface area contributed by atoms with Gasteiger partial charge in [-0.15, -0.1) is 0 Å². The third-order valence-corrected chi connectivity index (χ3v) is 4.54. The minimum absolute atomic E-state index is 0.380. The number of nitrogens with two attached hydrogens (primary N) is 1. The van der Waals surface area contributed by atoms with Crippen LogP contribution in [0.1, 0.15) is 47.5 Å². The molecule has 1 aliphatic rings. The Morgan fingerprint density at radius 2 is 1.55 bits per heavy atom. The van der Waals surface area contributed by atoms with Gasteiger partial charge in [-0.05, 0) is 61.4 Å². The Morgan fingerprint density at radius 3 is 2.14 bits per heavy atom. The molecule has 0 aromatic heterocycles. The summed E-state index contributed by atoms with van der Waals surface area (Å²) >= 11 is 0. The molecule has 2 aromatic carbocycles. The van der Waals surface area contributed by atoms with Crippen LogP contribution in [0.5, 0.6) is 0 Å². The predicted octanol–water partition coefficient (Wildman–Crippen LogP) is 3.92. The summed E-state index contributed by atoms with van der Waals surface area (Å²) in [4.78, 5) is 11.1. The van der Waals surface area contributed by atoms with Gasteiger partial charge in [0.05, 0.1) is 0 Å². The summed E-state index contributed by atoms with van der Waals surface area (Å²) in [5.74, 6) is 0.311. The van der Waals surface area contributed by atoms with Gasteiger partial charge in [0.25, 0.3) is 0 Å². The molecule has 3 heteroatoms. The highest BCUT2D eigenvalue weighted by atomic mass is 16.1. The first-order valence-electron chi connectivity index (χ1n) is 7.94. The number of anilines is 1. The topological polar surface area (TPSA) is 55.1 Å². The van der Waals surface area contributed by atoms with Crippen LogP contribution in [0.4, 0.5) is 5.69 Å². The van der Waals surface area contributed by atoms with Crippen molar-refractivity contribution in [1.29, 1.82) is 0 Å². The van der Waals surface area contributed by atoms with Crippen LogP contribution < -0.4 is 11.1 Å². The van der Waals surface area contributed by atoms with Gasteiger partial charge in [0, 0.05) is 17.3 Å². The Balaban J connectivity index is 1.54. The van der Waals surface area contributed by atoms with E-state index in [-0.39, 0.29) is 5.91 Å². The second-order valence-corrected chi connectivity index (χ2v) is 6.05. The number of carbonyl (C=O) groups is 1. The summed E-state index contributed by atoms with van der Waals surface area (Å²) in [7, 11) is 0. The lowest BCUT2D eigenvalue weighted by molar-refractivity contribution is 0.100. The molecule has 3 rings (SSSR count). The fourth-order valence-corrected chi connectivity index (χ4v) is 3.26. The van der Waals surface area contributed by atoms with Crippen molar-refractivity contribution < 1.29 is 4.79 Å². The van der Waals surface area contributed by atoms with Crippen molar-refractivity contribution in [3.63, 3.8) is 0 Å². The molecule has 1 fully saturated rings. The summed E-state index contributed by atoms with van der Waals surface area (Å²) < 4.78 is 0. The summed E-state index contributed by atoms with van der Waals surface area (Å²) in [6.45, 7) is 0. The van der Waals surface area contributed by atoms with Crippen molar-refractivity contribution in [3.8, 4) is 0 Å². The van der Waals surface area contributed by atoms with Gasteiger partial charge in [0.2, 0.25) is 5.91 Å². The van der Waals surface area contributed by atoms with Crippen LogP contribution in [0.2, 0.25) is 0 Å². The van der Waals surface area contributed by atoms with E-state index >= 15 is 0 Å². The molecule has 0 spiro atoms. The van der Waals surface area contributed by atoms with E-state index in [2.05, 4.69) is 35.6 Å². The van der Waals surface area contributed by atoms with Crippen LogP contribution in [0.15, 0.2) is 54.6 Å². The van der Waals surface area contributed by atoms with Crippen LogP contribution in [0.3, 0.4) is 0 Å². The van der Waals surface area contributed by atoms with E-state index in [0.29, 0.717) is 17.5 Å². The summed E-state index contributed by atoms with van der Waals surface area (Å²) in [5, 5.41) is 3.57. The largest absolute Gasteiger partial charge is 0.382 e. The highest BCUT2D eigenvalue weighted by Gasteiger charge is 2.22. The Kier molecular flexibility index (Phi) is 4.42. The second-order valence-electron chi connectivity index (χ2n) is 6.05. The summed E-state index contributed by atoms with van der Waals surface area (Å²) in [6.07, 6.45) is 4.80. The van der Waals surface area contributed by atoms with Crippen molar-refractivity contribution in [2.45, 2.75) is 37.6 Å². The second kappa shape index (κ2) is 6.65. The lowest BCUT2D eigenvalue weighted by Gasteiger charge is -2.30. The number of rotatable bonds is 4. The number of hydrogen-bond acceptors (Lipinski definition) is 2. The highest BCUT2D eigenvalue weighted by Crippen LogP contribution is 2.33. The molecule has 1 amide bonds. The molecular weight excluding hydrogens is 272 g/mol. The maximum atomic E-state index is 11.1. The first kappa shape index (κ1) is 14.6. The Bertz CT molecular complexity index is 614. The van der Waals surface area contributed by atoms with Crippen molar-refractivity contribution in [3.05, 3.63) is 65.7 Å². The Labute approximate surface area is 131 Å². The Hall–Kier alpha value is -2.29. The fourth-order valence-electron chi connectivity index (χ4n) is 3.26. The molecule has 3 N–H and O–H groups in total. The lowest BCUT2D eigenvalue weighted by Crippen LogP contribution is -2.25. The van der Waals surface area contributed by atoms with E-state index in [1.165, 1.54) is 31.2 Å². The molecular formula is C19H22N2O. The smallest absolute Gasteiger partial charge is 0.248 e. The van der Waals surface area contributed by atoms with Gasteiger partial charge >= 0.3 is 0 Å². The van der Waals surface area contributed by atoms with Gasteiger partial charge in [0.1, 0.15) is 0 Å². The molecule has 1 aliphatic carbocycles. The van der Waals surface area contributed by atoms with Crippen LogP contribution in [-0.2, 0) is 0 Å². The van der Waals surface area contributed by atoms with E-state index < -0.39 is 0 Å². The number of hydrogen-bond donors (Lipinski definition) is 2. The SMILES string of the molecule is NC(=O)c1ccc(NC2CCC(c3ccccc3)CC2)cc1. The average molecular weight is 294 g/mol. The zero-order valence-electron chi connectivity index (χ0n) is 12.7. The predicted molar refractivity (Wildman–Crippen MR) is 90.0 cm³/mol. The zero-order chi connectivity index (χ0) is 15.4. The molecule has 2 aromatic rings. The van der Waals surface area contributed by atoms with Gasteiger partial charge in [-0.3, -0.25) is 4.79 Å². The molecule has 114 valence electrons. The molecule has 22 heavy (non-hydrogen) atoms. The lowest BCUT2D eigenvalue weighted by atomic mass is 9.82. The summed E-state index contributed by atoms with van der Waals surface area (Å²) in [5.41, 5.74) is 8.34.